The fraction of sp³-hybridized carbons (Fsp3) is 0.577. The Bertz CT molecular complexity index is 1200. The summed E-state index contributed by atoms with van der Waals surface area (Å²) in [7, 11) is 0. The second kappa shape index (κ2) is 13.9. The predicted molar refractivity (Wildman–Crippen MR) is 151 cm³/mol. The molecule has 1 saturated carbocycles. The summed E-state index contributed by atoms with van der Waals surface area (Å²) in [4.78, 5) is 38.3. The molecule has 0 bridgehead atoms. The zero-order valence-electron chi connectivity index (χ0n) is 21.2. The number of carbonyl (C=O) groups is 1. The van der Waals surface area contributed by atoms with Gasteiger partial charge in [-0.3, -0.25) is 9.88 Å². The summed E-state index contributed by atoms with van der Waals surface area (Å²) >= 11 is 0. The lowest BCUT2D eigenvalue weighted by Crippen LogP contribution is -2.52. The highest BCUT2D eigenvalue weighted by Crippen LogP contribution is 2.26. The smallest absolute Gasteiger partial charge is 0.325 e. The molecule has 2 aliphatic rings. The van der Waals surface area contributed by atoms with Crippen molar-refractivity contribution >= 4 is 52.9 Å². The Hall–Kier alpha value is -2.49. The molecule has 1 saturated heterocycles. The standard InChI is InChI=1S/C26H36N6O3.2ClH/c33-25-29-23-18-20-17-21(7-8-22(20)28-24(23)30-25)35-16-4-10-27-26(34)32-14-12-31(13-15-32)11-9-19-5-2-1-3-6-19;;/h7-8,17-19H,1-6,9-16H2,(H,27,34)(H2,28,29,30,33);2*1H. The highest BCUT2D eigenvalue weighted by molar-refractivity contribution is 5.90. The molecule has 1 aliphatic heterocycles. The van der Waals surface area contributed by atoms with Gasteiger partial charge in [-0.15, -0.1) is 24.8 Å². The topological polar surface area (TPSA) is 106 Å². The zero-order valence-corrected chi connectivity index (χ0v) is 22.8. The number of aromatic amines is 2. The molecule has 37 heavy (non-hydrogen) atoms. The highest BCUT2D eigenvalue weighted by Gasteiger charge is 2.22. The molecule has 204 valence electrons. The van der Waals surface area contributed by atoms with Gasteiger partial charge in [-0.05, 0) is 49.6 Å². The molecule has 2 aromatic heterocycles. The van der Waals surface area contributed by atoms with Crippen molar-refractivity contribution in [3.63, 3.8) is 0 Å². The fourth-order valence-electron chi connectivity index (χ4n) is 5.28. The van der Waals surface area contributed by atoms with Crippen LogP contribution in [0.1, 0.15) is 44.9 Å². The zero-order chi connectivity index (χ0) is 24.0. The number of amides is 2. The van der Waals surface area contributed by atoms with E-state index in [2.05, 4.69) is 25.2 Å². The Morgan fingerprint density at radius 3 is 2.62 bits per heavy atom. The first kappa shape index (κ1) is 29.1. The van der Waals surface area contributed by atoms with Crippen LogP contribution in [0, 0.1) is 5.92 Å². The van der Waals surface area contributed by atoms with Gasteiger partial charge in [-0.2, -0.15) is 0 Å². The summed E-state index contributed by atoms with van der Waals surface area (Å²) in [5.74, 6) is 1.66. The number of pyridine rings is 1. The largest absolute Gasteiger partial charge is 0.494 e. The van der Waals surface area contributed by atoms with E-state index in [1.54, 1.807) is 0 Å². The highest BCUT2D eigenvalue weighted by atomic mass is 35.5. The first-order chi connectivity index (χ1) is 17.1. The molecule has 3 N–H and O–H groups in total. The number of carbonyl (C=O) groups excluding carboxylic acids is 1. The lowest BCUT2D eigenvalue weighted by atomic mass is 9.87. The van der Waals surface area contributed by atoms with E-state index in [0.717, 1.165) is 55.2 Å². The first-order valence-corrected chi connectivity index (χ1v) is 13.0. The van der Waals surface area contributed by atoms with Gasteiger partial charge >= 0.3 is 11.7 Å². The van der Waals surface area contributed by atoms with E-state index in [-0.39, 0.29) is 36.5 Å². The molecule has 2 fully saturated rings. The average Bonchev–Trinajstić information content (AvgIpc) is 3.25. The van der Waals surface area contributed by atoms with Crippen LogP contribution < -0.4 is 15.7 Å². The molecule has 0 radical (unpaired) electrons. The van der Waals surface area contributed by atoms with Crippen molar-refractivity contribution in [1.82, 2.24) is 30.1 Å². The van der Waals surface area contributed by atoms with Gasteiger partial charge in [0.15, 0.2) is 5.65 Å². The Labute approximate surface area is 229 Å². The Morgan fingerprint density at radius 2 is 1.84 bits per heavy atom. The monoisotopic (exact) mass is 552 g/mol. The summed E-state index contributed by atoms with van der Waals surface area (Å²) in [5, 5.41) is 3.93. The van der Waals surface area contributed by atoms with Crippen molar-refractivity contribution in [3.8, 4) is 5.75 Å². The van der Waals surface area contributed by atoms with Gasteiger partial charge in [-0.1, -0.05) is 32.1 Å². The minimum absolute atomic E-state index is 0. The van der Waals surface area contributed by atoms with Crippen LogP contribution in [0.2, 0.25) is 0 Å². The molecule has 3 heterocycles. The average molecular weight is 554 g/mol. The van der Waals surface area contributed by atoms with E-state index in [1.165, 1.54) is 45.1 Å². The predicted octanol–water partition coefficient (Wildman–Crippen LogP) is 4.31. The SMILES string of the molecule is Cl.Cl.O=C(NCCCOc1ccc2nc3[nH]c(=O)[nH]c3cc2c1)N1CCN(CCC2CCCCC2)CC1. The minimum Gasteiger partial charge on any atom is -0.494 e. The van der Waals surface area contributed by atoms with Crippen LogP contribution in [0.15, 0.2) is 29.1 Å². The van der Waals surface area contributed by atoms with Crippen LogP contribution in [0.25, 0.3) is 22.1 Å². The molecule has 0 unspecified atom stereocenters. The molecule has 1 aliphatic carbocycles. The normalized spacial score (nSPS) is 16.8. The Morgan fingerprint density at radius 1 is 1.05 bits per heavy atom. The molecular weight excluding hydrogens is 515 g/mol. The third-order valence-electron chi connectivity index (χ3n) is 7.37. The number of hydrogen-bond donors (Lipinski definition) is 3. The molecule has 0 spiro atoms. The first-order valence-electron chi connectivity index (χ1n) is 13.0. The van der Waals surface area contributed by atoms with Crippen LogP contribution in [-0.4, -0.2) is 76.7 Å². The van der Waals surface area contributed by atoms with E-state index in [4.69, 9.17) is 4.74 Å². The number of H-pyrrole nitrogens is 2. The summed E-state index contributed by atoms with van der Waals surface area (Å²) in [6, 6.07) is 7.58. The van der Waals surface area contributed by atoms with E-state index in [1.807, 2.05) is 29.2 Å². The second-order valence-electron chi connectivity index (χ2n) is 9.87. The van der Waals surface area contributed by atoms with E-state index < -0.39 is 0 Å². The van der Waals surface area contributed by atoms with Crippen LogP contribution in [0.3, 0.4) is 0 Å². The number of imidazole rings is 1. The number of halogens is 2. The van der Waals surface area contributed by atoms with Crippen molar-refractivity contribution in [2.24, 2.45) is 5.92 Å². The number of aromatic nitrogens is 3. The van der Waals surface area contributed by atoms with E-state index in [9.17, 15) is 9.59 Å². The van der Waals surface area contributed by atoms with Crippen LogP contribution >= 0.6 is 24.8 Å². The van der Waals surface area contributed by atoms with E-state index in [0.29, 0.717) is 24.3 Å². The summed E-state index contributed by atoms with van der Waals surface area (Å²) in [5.41, 5.74) is 1.75. The van der Waals surface area contributed by atoms with Gasteiger partial charge in [0.25, 0.3) is 0 Å². The van der Waals surface area contributed by atoms with Gasteiger partial charge in [0.05, 0.1) is 17.6 Å². The number of nitrogens with one attached hydrogen (secondary N) is 3. The molecule has 1 aromatic carbocycles. The van der Waals surface area contributed by atoms with Crippen molar-refractivity contribution in [3.05, 3.63) is 34.7 Å². The lowest BCUT2D eigenvalue weighted by molar-refractivity contribution is 0.132. The molecule has 3 aromatic rings. The van der Waals surface area contributed by atoms with Crippen molar-refractivity contribution in [2.45, 2.75) is 44.9 Å². The number of piperazine rings is 1. The quantitative estimate of drug-likeness (QED) is 0.361. The number of ether oxygens (including phenoxy) is 1. The molecule has 11 heteroatoms. The molecule has 9 nitrogen and oxygen atoms in total. The lowest BCUT2D eigenvalue weighted by Gasteiger charge is -2.35. The summed E-state index contributed by atoms with van der Waals surface area (Å²) < 4.78 is 5.87. The maximum atomic E-state index is 12.5. The molecule has 5 rings (SSSR count). The number of urea groups is 1. The Balaban J connectivity index is 0.00000190. The minimum atomic E-state index is -0.266. The van der Waals surface area contributed by atoms with Crippen LogP contribution in [-0.2, 0) is 0 Å². The van der Waals surface area contributed by atoms with Gasteiger partial charge in [0.1, 0.15) is 5.75 Å². The molecular formula is C26H38Cl2N6O3. The van der Waals surface area contributed by atoms with Crippen LogP contribution in [0.4, 0.5) is 4.79 Å². The third-order valence-corrected chi connectivity index (χ3v) is 7.37. The number of benzene rings is 1. The maximum Gasteiger partial charge on any atom is 0.325 e. The van der Waals surface area contributed by atoms with Crippen molar-refractivity contribution < 1.29 is 9.53 Å². The number of nitrogens with zero attached hydrogens (tertiary/aromatic N) is 3. The number of rotatable bonds is 8. The van der Waals surface area contributed by atoms with Crippen molar-refractivity contribution in [2.75, 3.05) is 45.9 Å². The van der Waals surface area contributed by atoms with Gasteiger partial charge in [0.2, 0.25) is 0 Å². The van der Waals surface area contributed by atoms with Gasteiger partial charge in [-0.25, -0.2) is 14.6 Å². The summed E-state index contributed by atoms with van der Waals surface area (Å²) in [6.45, 7) is 5.83. The summed E-state index contributed by atoms with van der Waals surface area (Å²) in [6.07, 6.45) is 9.09. The van der Waals surface area contributed by atoms with Crippen molar-refractivity contribution in [1.29, 1.82) is 0 Å². The number of hydrogen-bond acceptors (Lipinski definition) is 5. The van der Waals surface area contributed by atoms with Gasteiger partial charge < -0.3 is 19.9 Å². The third kappa shape index (κ3) is 7.75. The van der Waals surface area contributed by atoms with Crippen LogP contribution in [0.5, 0.6) is 5.75 Å². The van der Waals surface area contributed by atoms with Gasteiger partial charge in [0, 0.05) is 38.1 Å². The second-order valence-corrected chi connectivity index (χ2v) is 9.87. The van der Waals surface area contributed by atoms with E-state index >= 15 is 0 Å². The number of fused-ring (bicyclic) bond motifs is 2. The fourth-order valence-corrected chi connectivity index (χ4v) is 5.28. The maximum absolute atomic E-state index is 12.5. The molecule has 0 atom stereocenters. The Kier molecular flexibility index (Phi) is 10.9. The molecule has 2 amide bonds.